The van der Waals surface area contributed by atoms with E-state index in [1.165, 1.54) is 5.69 Å². The van der Waals surface area contributed by atoms with Crippen molar-refractivity contribution < 1.29 is 4.74 Å². The van der Waals surface area contributed by atoms with E-state index < -0.39 is 0 Å². The van der Waals surface area contributed by atoms with Crippen LogP contribution in [0.1, 0.15) is 13.8 Å². The van der Waals surface area contributed by atoms with Crippen molar-refractivity contribution in [2.24, 2.45) is 0 Å². The van der Waals surface area contributed by atoms with Crippen LogP contribution in [0.3, 0.4) is 0 Å². The third-order valence-corrected chi connectivity index (χ3v) is 3.68. The summed E-state index contributed by atoms with van der Waals surface area (Å²) in [5, 5.41) is 4.27. The maximum absolute atomic E-state index is 5.81. The van der Waals surface area contributed by atoms with Gasteiger partial charge in [-0.3, -0.25) is 0 Å². The molecule has 3 rings (SSSR count). The standard InChI is InChI=1S/C15H20N4O/c1-10-7-19(8-11(2)20-10)14-5-4-13(16-3)15-12(14)6-17-9-18-15/h4-6,9-11,16H,7-8H2,1-3H3. The monoisotopic (exact) mass is 272 g/mol. The molecule has 1 saturated heterocycles. The smallest absolute Gasteiger partial charge is 0.116 e. The predicted molar refractivity (Wildman–Crippen MR) is 81.3 cm³/mol. The molecule has 2 atom stereocenters. The van der Waals surface area contributed by atoms with Crippen molar-refractivity contribution in [3.8, 4) is 0 Å². The molecule has 2 unspecified atom stereocenters. The third-order valence-electron chi connectivity index (χ3n) is 3.68. The molecular weight excluding hydrogens is 252 g/mol. The van der Waals surface area contributed by atoms with Crippen LogP contribution in [0.15, 0.2) is 24.7 Å². The number of aromatic nitrogens is 2. The molecule has 20 heavy (non-hydrogen) atoms. The molecular formula is C15H20N4O. The van der Waals surface area contributed by atoms with Crippen LogP contribution in [0.25, 0.3) is 10.9 Å². The lowest BCUT2D eigenvalue weighted by molar-refractivity contribution is -0.00513. The van der Waals surface area contributed by atoms with Crippen LogP contribution in [-0.4, -0.2) is 42.3 Å². The molecule has 106 valence electrons. The first-order valence-electron chi connectivity index (χ1n) is 7.00. The van der Waals surface area contributed by atoms with Gasteiger partial charge >= 0.3 is 0 Å². The van der Waals surface area contributed by atoms with Crippen LogP contribution in [0.2, 0.25) is 0 Å². The highest BCUT2D eigenvalue weighted by Crippen LogP contribution is 2.31. The van der Waals surface area contributed by atoms with Crippen molar-refractivity contribution in [3.63, 3.8) is 0 Å². The molecule has 0 radical (unpaired) electrons. The average Bonchev–Trinajstić information content (AvgIpc) is 2.45. The van der Waals surface area contributed by atoms with Gasteiger partial charge in [0.2, 0.25) is 0 Å². The lowest BCUT2D eigenvalue weighted by Crippen LogP contribution is -2.45. The van der Waals surface area contributed by atoms with Gasteiger partial charge in [-0.1, -0.05) is 0 Å². The van der Waals surface area contributed by atoms with E-state index in [1.807, 2.05) is 13.2 Å². The zero-order valence-electron chi connectivity index (χ0n) is 12.1. The summed E-state index contributed by atoms with van der Waals surface area (Å²) in [7, 11) is 1.91. The molecule has 1 N–H and O–H groups in total. The molecule has 2 aromatic rings. The Hall–Kier alpha value is -1.88. The highest BCUT2D eigenvalue weighted by molar-refractivity contribution is 5.98. The summed E-state index contributed by atoms with van der Waals surface area (Å²) in [5.74, 6) is 0. The lowest BCUT2D eigenvalue weighted by atomic mass is 10.1. The van der Waals surface area contributed by atoms with Gasteiger partial charge in [0.15, 0.2) is 0 Å². The van der Waals surface area contributed by atoms with Crippen molar-refractivity contribution >= 4 is 22.3 Å². The van der Waals surface area contributed by atoms with Gasteiger partial charge in [-0.25, -0.2) is 9.97 Å². The van der Waals surface area contributed by atoms with E-state index in [9.17, 15) is 0 Å². The van der Waals surface area contributed by atoms with E-state index >= 15 is 0 Å². The Kier molecular flexibility index (Phi) is 3.44. The summed E-state index contributed by atoms with van der Waals surface area (Å²) < 4.78 is 5.81. The van der Waals surface area contributed by atoms with Gasteiger partial charge in [0.05, 0.1) is 23.4 Å². The molecule has 5 heteroatoms. The lowest BCUT2D eigenvalue weighted by Gasteiger charge is -2.37. The van der Waals surface area contributed by atoms with Gasteiger partial charge in [-0.15, -0.1) is 0 Å². The van der Waals surface area contributed by atoms with Crippen LogP contribution >= 0.6 is 0 Å². The fourth-order valence-electron chi connectivity index (χ4n) is 2.91. The maximum atomic E-state index is 5.81. The number of nitrogens with one attached hydrogen (secondary N) is 1. The Morgan fingerprint density at radius 3 is 2.70 bits per heavy atom. The summed E-state index contributed by atoms with van der Waals surface area (Å²) in [5.41, 5.74) is 3.17. The van der Waals surface area contributed by atoms with Crippen LogP contribution in [0.5, 0.6) is 0 Å². The molecule has 1 aliphatic heterocycles. The van der Waals surface area contributed by atoms with Gasteiger partial charge in [0.1, 0.15) is 6.33 Å². The second kappa shape index (κ2) is 5.25. The van der Waals surface area contributed by atoms with Crippen LogP contribution in [0.4, 0.5) is 11.4 Å². The molecule has 1 aromatic heterocycles. The fourth-order valence-corrected chi connectivity index (χ4v) is 2.91. The van der Waals surface area contributed by atoms with Gasteiger partial charge in [-0.05, 0) is 26.0 Å². The molecule has 0 aliphatic carbocycles. The Morgan fingerprint density at radius 2 is 2.00 bits per heavy atom. The summed E-state index contributed by atoms with van der Waals surface area (Å²) in [6.07, 6.45) is 3.96. The first-order valence-corrected chi connectivity index (χ1v) is 7.00. The molecule has 0 amide bonds. The topological polar surface area (TPSA) is 50.3 Å². The third kappa shape index (κ3) is 2.29. The quantitative estimate of drug-likeness (QED) is 0.909. The minimum atomic E-state index is 0.238. The number of nitrogens with zero attached hydrogens (tertiary/aromatic N) is 3. The number of hydrogen-bond donors (Lipinski definition) is 1. The van der Waals surface area contributed by atoms with Gasteiger partial charge in [-0.2, -0.15) is 0 Å². The maximum Gasteiger partial charge on any atom is 0.116 e. The van der Waals surface area contributed by atoms with E-state index in [0.29, 0.717) is 0 Å². The second-order valence-electron chi connectivity index (χ2n) is 5.33. The van der Waals surface area contributed by atoms with Gasteiger partial charge in [0, 0.05) is 37.4 Å². The second-order valence-corrected chi connectivity index (χ2v) is 5.33. The Balaban J connectivity index is 2.08. The zero-order chi connectivity index (χ0) is 14.1. The molecule has 0 spiro atoms. The summed E-state index contributed by atoms with van der Waals surface area (Å²) in [4.78, 5) is 11.0. The number of hydrogen-bond acceptors (Lipinski definition) is 5. The fraction of sp³-hybridized carbons (Fsp3) is 0.467. The van der Waals surface area contributed by atoms with Crippen LogP contribution in [0, 0.1) is 0 Å². The van der Waals surface area contributed by atoms with E-state index in [1.54, 1.807) is 6.33 Å². The van der Waals surface area contributed by atoms with Crippen LogP contribution in [-0.2, 0) is 4.74 Å². The van der Waals surface area contributed by atoms with Crippen molar-refractivity contribution in [3.05, 3.63) is 24.7 Å². The number of fused-ring (bicyclic) bond motifs is 1. The highest BCUT2D eigenvalue weighted by atomic mass is 16.5. The average molecular weight is 272 g/mol. The number of morpholine rings is 1. The summed E-state index contributed by atoms with van der Waals surface area (Å²) in [6, 6.07) is 4.22. The van der Waals surface area contributed by atoms with Crippen molar-refractivity contribution in [2.45, 2.75) is 26.1 Å². The largest absolute Gasteiger partial charge is 0.386 e. The van der Waals surface area contributed by atoms with Crippen molar-refractivity contribution in [1.82, 2.24) is 9.97 Å². The molecule has 0 bridgehead atoms. The van der Waals surface area contributed by atoms with E-state index in [4.69, 9.17) is 4.74 Å². The molecule has 5 nitrogen and oxygen atoms in total. The van der Waals surface area contributed by atoms with Crippen LogP contribution < -0.4 is 10.2 Å². The van der Waals surface area contributed by atoms with E-state index in [-0.39, 0.29) is 12.2 Å². The van der Waals surface area contributed by atoms with Crippen molar-refractivity contribution in [1.29, 1.82) is 0 Å². The number of benzene rings is 1. The Labute approximate surface area is 119 Å². The molecule has 1 aliphatic rings. The first kappa shape index (κ1) is 13.1. The van der Waals surface area contributed by atoms with E-state index in [2.05, 4.69) is 46.2 Å². The molecule has 0 saturated carbocycles. The normalized spacial score (nSPS) is 23.1. The Morgan fingerprint density at radius 1 is 1.25 bits per heavy atom. The number of ether oxygens (including phenoxy) is 1. The number of anilines is 2. The molecule has 1 fully saturated rings. The summed E-state index contributed by atoms with van der Waals surface area (Å²) >= 11 is 0. The molecule has 2 heterocycles. The number of rotatable bonds is 2. The van der Waals surface area contributed by atoms with E-state index in [0.717, 1.165) is 29.7 Å². The Bertz CT molecular complexity index is 606. The summed E-state index contributed by atoms with van der Waals surface area (Å²) in [6.45, 7) is 6.02. The SMILES string of the molecule is CNc1ccc(N2CC(C)OC(C)C2)c2cncnc12. The minimum absolute atomic E-state index is 0.238. The first-order chi connectivity index (χ1) is 9.69. The minimum Gasteiger partial charge on any atom is -0.386 e. The molecule has 1 aromatic carbocycles. The van der Waals surface area contributed by atoms with Gasteiger partial charge in [0.25, 0.3) is 0 Å². The van der Waals surface area contributed by atoms with Crippen molar-refractivity contribution in [2.75, 3.05) is 30.4 Å². The predicted octanol–water partition coefficient (Wildman–Crippen LogP) is 2.29. The highest BCUT2D eigenvalue weighted by Gasteiger charge is 2.24. The zero-order valence-corrected chi connectivity index (χ0v) is 12.1. The van der Waals surface area contributed by atoms with Gasteiger partial charge < -0.3 is 15.0 Å².